The van der Waals surface area contributed by atoms with Gasteiger partial charge in [-0.1, -0.05) is 141 Å². The van der Waals surface area contributed by atoms with E-state index >= 15 is 0 Å². The molecule has 0 aromatic rings. The van der Waals surface area contributed by atoms with Gasteiger partial charge in [-0.2, -0.15) is 0 Å². The van der Waals surface area contributed by atoms with Gasteiger partial charge in [0, 0.05) is 11.4 Å². The third kappa shape index (κ3) is 35.0. The molecule has 4 nitrogen and oxygen atoms in total. The number of hydrogen-bond acceptors (Lipinski definition) is 4. The Labute approximate surface area is 275 Å². The van der Waals surface area contributed by atoms with E-state index in [1.54, 1.807) is 0 Å². The molecule has 0 aliphatic rings. The summed E-state index contributed by atoms with van der Waals surface area (Å²) in [6.07, 6.45) is 49.2. The van der Waals surface area contributed by atoms with Crippen LogP contribution >= 0.6 is 0 Å². The van der Waals surface area contributed by atoms with Crippen molar-refractivity contribution in [1.82, 2.24) is 5.48 Å². The zero-order valence-corrected chi connectivity index (χ0v) is 29.6. The normalized spacial score (nSPS) is 12.7. The van der Waals surface area contributed by atoms with E-state index in [1.807, 2.05) is 12.2 Å². The molecule has 4 heteroatoms. The quantitative estimate of drug-likeness (QED) is 0.0376. The lowest BCUT2D eigenvalue weighted by Crippen LogP contribution is -2.15. The Kier molecular flexibility index (Phi) is 36.4. The smallest absolute Gasteiger partial charge is 0.0946 e. The van der Waals surface area contributed by atoms with Gasteiger partial charge in [-0.3, -0.25) is 10.3 Å². The highest BCUT2D eigenvalue weighted by atomic mass is 16.6. The predicted octanol–water partition coefficient (Wildman–Crippen LogP) is 12.3. The van der Waals surface area contributed by atoms with E-state index in [2.05, 4.69) is 43.6 Å². The molecule has 258 valence electrons. The third-order valence-corrected chi connectivity index (χ3v) is 8.40. The van der Waals surface area contributed by atoms with Crippen LogP contribution in [0, 0.1) is 0 Å². The number of nitrogens with one attached hydrogen (secondary N) is 1. The predicted molar refractivity (Wildman–Crippen MR) is 195 cm³/mol. The molecular weight excluding hydrogens is 540 g/mol. The molecule has 0 aromatic heterocycles. The standard InChI is InChI=1S/C40H76N2O2/c1-3-5-7-9-11-13-15-17-19-21-23-25-27-29-31-33-39(41)36-38-44-42-40(35-37-43)34-32-30-28-26-24-22-20-18-16-14-12-10-8-6-4-2/h17-20,35-36,42-43H,3-16,21-34,37-38,41H2,1-2H3/b19-17-,20-18-,39-36?,40-35?. The molecule has 0 unspecified atom stereocenters. The van der Waals surface area contributed by atoms with Crippen LogP contribution in [0.25, 0.3) is 0 Å². The highest BCUT2D eigenvalue weighted by Gasteiger charge is 1.99. The van der Waals surface area contributed by atoms with Crippen molar-refractivity contribution in [2.24, 2.45) is 5.73 Å². The van der Waals surface area contributed by atoms with Crippen LogP contribution in [0.4, 0.5) is 0 Å². The number of rotatable bonds is 35. The molecule has 0 aliphatic heterocycles. The number of aliphatic hydroxyl groups is 1. The third-order valence-electron chi connectivity index (χ3n) is 8.40. The first kappa shape index (κ1) is 42.5. The number of hydrogen-bond donors (Lipinski definition) is 3. The molecule has 0 fully saturated rings. The van der Waals surface area contributed by atoms with Gasteiger partial charge < -0.3 is 10.8 Å². The van der Waals surface area contributed by atoms with E-state index in [1.165, 1.54) is 154 Å². The minimum Gasteiger partial charge on any atom is -0.402 e. The molecule has 0 aliphatic carbocycles. The second-order valence-electron chi connectivity index (χ2n) is 12.8. The van der Waals surface area contributed by atoms with Crippen molar-refractivity contribution in [2.45, 2.75) is 194 Å². The Morgan fingerprint density at radius 2 is 0.909 bits per heavy atom. The number of unbranched alkanes of at least 4 members (excludes halogenated alkanes) is 22. The monoisotopic (exact) mass is 617 g/mol. The molecule has 0 aromatic carbocycles. The van der Waals surface area contributed by atoms with Crippen molar-refractivity contribution in [3.8, 4) is 0 Å². The van der Waals surface area contributed by atoms with Gasteiger partial charge in [-0.25, -0.2) is 0 Å². The van der Waals surface area contributed by atoms with Crippen molar-refractivity contribution in [2.75, 3.05) is 13.2 Å². The van der Waals surface area contributed by atoms with Crippen molar-refractivity contribution in [3.63, 3.8) is 0 Å². The largest absolute Gasteiger partial charge is 0.402 e. The maximum atomic E-state index is 9.36. The summed E-state index contributed by atoms with van der Waals surface area (Å²) >= 11 is 0. The summed E-state index contributed by atoms with van der Waals surface area (Å²) in [5.74, 6) is 0. The Bertz CT molecular complexity index is 683. The lowest BCUT2D eigenvalue weighted by Gasteiger charge is -2.10. The van der Waals surface area contributed by atoms with Crippen molar-refractivity contribution < 1.29 is 9.94 Å². The zero-order valence-electron chi connectivity index (χ0n) is 29.6. The summed E-state index contributed by atoms with van der Waals surface area (Å²) in [5, 5.41) is 9.36. The fraction of sp³-hybridized carbons (Fsp3) is 0.800. The maximum absolute atomic E-state index is 9.36. The fourth-order valence-corrected chi connectivity index (χ4v) is 5.48. The average molecular weight is 617 g/mol. The Hall–Kier alpha value is -1.52. The van der Waals surface area contributed by atoms with Gasteiger partial charge >= 0.3 is 0 Å². The van der Waals surface area contributed by atoms with E-state index in [-0.39, 0.29) is 6.61 Å². The summed E-state index contributed by atoms with van der Waals surface area (Å²) in [7, 11) is 0. The lowest BCUT2D eigenvalue weighted by molar-refractivity contribution is 0.0819. The SMILES string of the molecule is CCCCCCCC/C=C\CCCCCCCC(N)=CCONC(=CCO)CCCCCCC/C=C\CCCCCCCC. The van der Waals surface area contributed by atoms with Crippen LogP contribution in [-0.4, -0.2) is 18.3 Å². The average Bonchev–Trinajstić information content (AvgIpc) is 3.03. The fourth-order valence-electron chi connectivity index (χ4n) is 5.48. The van der Waals surface area contributed by atoms with E-state index < -0.39 is 0 Å². The van der Waals surface area contributed by atoms with E-state index in [9.17, 15) is 5.11 Å². The van der Waals surface area contributed by atoms with Crippen molar-refractivity contribution >= 4 is 0 Å². The number of aliphatic hydroxyl groups excluding tert-OH is 1. The van der Waals surface area contributed by atoms with Gasteiger partial charge in [0.2, 0.25) is 0 Å². The summed E-state index contributed by atoms with van der Waals surface area (Å²) < 4.78 is 0. The van der Waals surface area contributed by atoms with Crippen LogP contribution < -0.4 is 11.2 Å². The van der Waals surface area contributed by atoms with Crippen LogP contribution in [0.5, 0.6) is 0 Å². The molecule has 0 saturated heterocycles. The molecule has 0 saturated carbocycles. The van der Waals surface area contributed by atoms with Crippen LogP contribution in [0.2, 0.25) is 0 Å². The topological polar surface area (TPSA) is 67.5 Å². The summed E-state index contributed by atoms with van der Waals surface area (Å²) in [5.41, 5.74) is 11.1. The molecule has 0 atom stereocenters. The minimum absolute atomic E-state index is 0.0320. The van der Waals surface area contributed by atoms with Crippen molar-refractivity contribution in [1.29, 1.82) is 0 Å². The summed E-state index contributed by atoms with van der Waals surface area (Å²) in [4.78, 5) is 5.62. The second-order valence-corrected chi connectivity index (χ2v) is 12.8. The maximum Gasteiger partial charge on any atom is 0.0946 e. The van der Waals surface area contributed by atoms with Crippen LogP contribution in [-0.2, 0) is 4.84 Å². The number of allylic oxidation sites excluding steroid dienone is 6. The van der Waals surface area contributed by atoms with Gasteiger partial charge in [-0.05, 0) is 89.2 Å². The number of hydroxylamine groups is 1. The second kappa shape index (κ2) is 37.7. The molecular formula is C40H76N2O2. The molecule has 44 heavy (non-hydrogen) atoms. The van der Waals surface area contributed by atoms with Gasteiger partial charge in [0.25, 0.3) is 0 Å². The van der Waals surface area contributed by atoms with E-state index in [0.717, 1.165) is 37.1 Å². The zero-order chi connectivity index (χ0) is 32.0. The summed E-state index contributed by atoms with van der Waals surface area (Å²) in [6, 6.07) is 0. The van der Waals surface area contributed by atoms with Crippen LogP contribution in [0.3, 0.4) is 0 Å². The number of nitrogens with two attached hydrogens (primary N) is 1. The molecule has 0 radical (unpaired) electrons. The van der Waals surface area contributed by atoms with E-state index in [0.29, 0.717) is 6.61 Å². The molecule has 0 spiro atoms. The Morgan fingerprint density at radius 1 is 0.523 bits per heavy atom. The first-order chi connectivity index (χ1) is 21.7. The summed E-state index contributed by atoms with van der Waals surface area (Å²) in [6.45, 7) is 5.04. The van der Waals surface area contributed by atoms with Crippen molar-refractivity contribution in [3.05, 3.63) is 47.9 Å². The van der Waals surface area contributed by atoms with Gasteiger partial charge in [0.1, 0.15) is 0 Å². The van der Waals surface area contributed by atoms with E-state index in [4.69, 9.17) is 10.6 Å². The first-order valence-electron chi connectivity index (χ1n) is 19.2. The molecule has 0 amide bonds. The molecule has 0 bridgehead atoms. The molecule has 0 heterocycles. The van der Waals surface area contributed by atoms with Gasteiger partial charge in [-0.15, -0.1) is 0 Å². The minimum atomic E-state index is 0.0320. The van der Waals surface area contributed by atoms with Crippen LogP contribution in [0.1, 0.15) is 194 Å². The molecule has 0 rings (SSSR count). The lowest BCUT2D eigenvalue weighted by atomic mass is 10.1. The highest BCUT2D eigenvalue weighted by molar-refractivity contribution is 4.99. The highest BCUT2D eigenvalue weighted by Crippen LogP contribution is 2.13. The Morgan fingerprint density at radius 3 is 1.34 bits per heavy atom. The molecule has 4 N–H and O–H groups in total. The first-order valence-corrected chi connectivity index (χ1v) is 19.2. The van der Waals surface area contributed by atoms with Gasteiger partial charge in [0.05, 0.1) is 13.2 Å². The Balaban J connectivity index is 3.63. The van der Waals surface area contributed by atoms with Gasteiger partial charge in [0.15, 0.2) is 0 Å². The van der Waals surface area contributed by atoms with Crippen LogP contribution in [0.15, 0.2) is 47.9 Å².